The number of rotatable bonds is 4. The smallest absolute Gasteiger partial charge is 0.218 e. The summed E-state index contributed by atoms with van der Waals surface area (Å²) in [5.41, 5.74) is 0. The SMILES string of the molecule is N#CC(=CNc1cnccn1)S(=O)(=O)c1ccc(Cl)cc1. The van der Waals surface area contributed by atoms with Crippen LogP contribution in [0.4, 0.5) is 5.82 Å². The van der Waals surface area contributed by atoms with Gasteiger partial charge in [-0.25, -0.2) is 13.4 Å². The van der Waals surface area contributed by atoms with E-state index in [1.807, 2.05) is 0 Å². The first-order valence-corrected chi connectivity index (χ1v) is 7.53. The van der Waals surface area contributed by atoms with Crippen molar-refractivity contribution in [2.75, 3.05) is 5.32 Å². The van der Waals surface area contributed by atoms with Crippen molar-refractivity contribution in [1.29, 1.82) is 5.26 Å². The molecule has 0 radical (unpaired) electrons. The van der Waals surface area contributed by atoms with Crippen LogP contribution in [-0.2, 0) is 9.84 Å². The third kappa shape index (κ3) is 3.56. The number of sulfone groups is 1. The Morgan fingerprint density at radius 3 is 2.57 bits per heavy atom. The summed E-state index contributed by atoms with van der Waals surface area (Å²) in [6, 6.07) is 7.22. The number of anilines is 1. The van der Waals surface area contributed by atoms with Gasteiger partial charge in [0.25, 0.3) is 0 Å². The Balaban J connectivity index is 2.32. The van der Waals surface area contributed by atoms with Crippen molar-refractivity contribution in [2.45, 2.75) is 4.90 Å². The summed E-state index contributed by atoms with van der Waals surface area (Å²) < 4.78 is 24.6. The van der Waals surface area contributed by atoms with Crippen molar-refractivity contribution in [1.82, 2.24) is 9.97 Å². The van der Waals surface area contributed by atoms with E-state index in [-0.39, 0.29) is 4.90 Å². The molecular formula is C13H9ClN4O2S. The van der Waals surface area contributed by atoms with Crippen LogP contribution in [0, 0.1) is 11.3 Å². The van der Waals surface area contributed by atoms with Gasteiger partial charge in [-0.1, -0.05) is 11.6 Å². The van der Waals surface area contributed by atoms with Crippen LogP contribution in [0.25, 0.3) is 0 Å². The maximum absolute atomic E-state index is 12.3. The molecule has 106 valence electrons. The lowest BCUT2D eigenvalue weighted by Crippen LogP contribution is -2.06. The van der Waals surface area contributed by atoms with E-state index in [4.69, 9.17) is 16.9 Å². The molecule has 6 nitrogen and oxygen atoms in total. The van der Waals surface area contributed by atoms with Gasteiger partial charge in [0.1, 0.15) is 11.9 Å². The molecule has 21 heavy (non-hydrogen) atoms. The van der Waals surface area contributed by atoms with Gasteiger partial charge in [-0.05, 0) is 24.3 Å². The van der Waals surface area contributed by atoms with E-state index in [0.29, 0.717) is 10.8 Å². The van der Waals surface area contributed by atoms with Gasteiger partial charge in [-0.3, -0.25) is 4.98 Å². The molecule has 0 saturated heterocycles. The van der Waals surface area contributed by atoms with Crippen LogP contribution in [0.5, 0.6) is 0 Å². The molecule has 1 heterocycles. The molecule has 1 aromatic carbocycles. The van der Waals surface area contributed by atoms with Gasteiger partial charge < -0.3 is 5.32 Å². The quantitative estimate of drug-likeness (QED) is 0.869. The highest BCUT2D eigenvalue weighted by Gasteiger charge is 2.20. The van der Waals surface area contributed by atoms with Gasteiger partial charge in [0.05, 0.1) is 11.1 Å². The number of nitrogens with one attached hydrogen (secondary N) is 1. The van der Waals surface area contributed by atoms with Crippen LogP contribution >= 0.6 is 11.6 Å². The highest BCUT2D eigenvalue weighted by atomic mass is 35.5. The molecule has 0 aliphatic rings. The van der Waals surface area contributed by atoms with Crippen LogP contribution in [0.2, 0.25) is 5.02 Å². The fourth-order valence-corrected chi connectivity index (χ4v) is 2.63. The number of allylic oxidation sites excluding steroid dienone is 1. The van der Waals surface area contributed by atoms with Crippen LogP contribution < -0.4 is 5.32 Å². The second-order valence-electron chi connectivity index (χ2n) is 3.81. The number of hydrogen-bond acceptors (Lipinski definition) is 6. The Kier molecular flexibility index (Phi) is 4.52. The summed E-state index contributed by atoms with van der Waals surface area (Å²) in [5.74, 6) is 0.330. The van der Waals surface area contributed by atoms with Crippen molar-refractivity contribution < 1.29 is 8.42 Å². The normalized spacial score (nSPS) is 11.7. The molecule has 0 bridgehead atoms. The Hall–Kier alpha value is -2.43. The Morgan fingerprint density at radius 2 is 2.00 bits per heavy atom. The standard InChI is InChI=1S/C13H9ClN4O2S/c14-10-1-3-11(4-2-10)21(19,20)12(7-15)8-18-13-9-16-5-6-17-13/h1-6,8-9H,(H,17,18). The monoisotopic (exact) mass is 320 g/mol. The third-order valence-corrected chi connectivity index (χ3v) is 4.37. The van der Waals surface area contributed by atoms with Gasteiger partial charge >= 0.3 is 0 Å². The van der Waals surface area contributed by atoms with Crippen molar-refractivity contribution in [3.8, 4) is 6.07 Å². The molecular weight excluding hydrogens is 312 g/mol. The summed E-state index contributed by atoms with van der Waals surface area (Å²) in [7, 11) is -3.91. The average Bonchev–Trinajstić information content (AvgIpc) is 2.49. The highest BCUT2D eigenvalue weighted by Crippen LogP contribution is 2.20. The lowest BCUT2D eigenvalue weighted by Gasteiger charge is -2.04. The van der Waals surface area contributed by atoms with Gasteiger partial charge in [0.15, 0.2) is 4.91 Å². The predicted molar refractivity (Wildman–Crippen MR) is 78.0 cm³/mol. The molecule has 0 amide bonds. The van der Waals surface area contributed by atoms with Crippen molar-refractivity contribution in [2.24, 2.45) is 0 Å². The summed E-state index contributed by atoms with van der Waals surface area (Å²) in [6.45, 7) is 0. The lowest BCUT2D eigenvalue weighted by atomic mass is 10.4. The molecule has 0 spiro atoms. The van der Waals surface area contributed by atoms with E-state index in [1.54, 1.807) is 6.07 Å². The van der Waals surface area contributed by atoms with E-state index in [2.05, 4.69) is 15.3 Å². The van der Waals surface area contributed by atoms with Gasteiger partial charge in [-0.2, -0.15) is 5.26 Å². The molecule has 0 fully saturated rings. The lowest BCUT2D eigenvalue weighted by molar-refractivity contribution is 0.603. The molecule has 0 aliphatic carbocycles. The summed E-state index contributed by atoms with van der Waals surface area (Å²) in [4.78, 5) is 7.28. The van der Waals surface area contributed by atoms with Gasteiger partial charge in [0, 0.05) is 23.6 Å². The second-order valence-corrected chi connectivity index (χ2v) is 6.17. The van der Waals surface area contributed by atoms with E-state index in [9.17, 15) is 8.42 Å². The van der Waals surface area contributed by atoms with Crippen LogP contribution in [0.3, 0.4) is 0 Å². The average molecular weight is 321 g/mol. The zero-order chi connectivity index (χ0) is 15.3. The number of hydrogen-bond donors (Lipinski definition) is 1. The highest BCUT2D eigenvalue weighted by molar-refractivity contribution is 7.95. The molecule has 0 aliphatic heterocycles. The Morgan fingerprint density at radius 1 is 1.29 bits per heavy atom. The zero-order valence-electron chi connectivity index (χ0n) is 10.6. The summed E-state index contributed by atoms with van der Waals surface area (Å²) >= 11 is 5.71. The fraction of sp³-hybridized carbons (Fsp3) is 0. The van der Waals surface area contributed by atoms with Crippen LogP contribution in [0.15, 0.2) is 58.9 Å². The molecule has 2 aromatic rings. The minimum Gasteiger partial charge on any atom is -0.343 e. The number of halogens is 1. The van der Waals surface area contributed by atoms with E-state index in [1.165, 1.54) is 42.9 Å². The molecule has 0 unspecified atom stereocenters. The summed E-state index contributed by atoms with van der Waals surface area (Å²) in [6.07, 6.45) is 5.40. The van der Waals surface area contributed by atoms with E-state index < -0.39 is 14.7 Å². The molecule has 0 atom stereocenters. The van der Waals surface area contributed by atoms with E-state index in [0.717, 1.165) is 6.20 Å². The Labute approximate surface area is 126 Å². The maximum Gasteiger partial charge on any atom is 0.218 e. The molecule has 8 heteroatoms. The first-order valence-electron chi connectivity index (χ1n) is 5.67. The molecule has 0 saturated carbocycles. The Bertz CT molecular complexity index is 796. The number of benzene rings is 1. The first kappa shape index (κ1) is 15.0. The number of nitriles is 1. The minimum absolute atomic E-state index is 0.0133. The van der Waals surface area contributed by atoms with E-state index >= 15 is 0 Å². The molecule has 1 aromatic heterocycles. The van der Waals surface area contributed by atoms with Gasteiger partial charge in [-0.15, -0.1) is 0 Å². The number of aromatic nitrogens is 2. The van der Waals surface area contributed by atoms with Crippen LogP contribution in [0.1, 0.15) is 0 Å². The van der Waals surface area contributed by atoms with Crippen LogP contribution in [-0.4, -0.2) is 18.4 Å². The largest absolute Gasteiger partial charge is 0.343 e. The predicted octanol–water partition coefficient (Wildman–Crippen LogP) is 2.38. The first-order chi connectivity index (χ1) is 10.0. The fourth-order valence-electron chi connectivity index (χ4n) is 1.42. The van der Waals surface area contributed by atoms with Crippen molar-refractivity contribution >= 4 is 27.3 Å². The maximum atomic E-state index is 12.3. The molecule has 2 rings (SSSR count). The minimum atomic E-state index is -3.91. The van der Waals surface area contributed by atoms with Crippen molar-refractivity contribution in [3.63, 3.8) is 0 Å². The molecule has 1 N–H and O–H groups in total. The van der Waals surface area contributed by atoms with Crippen molar-refractivity contribution in [3.05, 3.63) is 59.0 Å². The topological polar surface area (TPSA) is 95.7 Å². The second kappa shape index (κ2) is 6.35. The number of nitrogens with zero attached hydrogens (tertiary/aromatic N) is 3. The van der Waals surface area contributed by atoms with Gasteiger partial charge in [0.2, 0.25) is 9.84 Å². The summed E-state index contributed by atoms with van der Waals surface area (Å²) in [5, 5.41) is 12.1. The third-order valence-electron chi connectivity index (χ3n) is 2.44. The zero-order valence-corrected chi connectivity index (χ0v) is 12.1.